The SMILES string of the molecule is CNC(=O)CNCC(=O)N[C@H](c1ccc(F)cc1)c1cccs1. The first kappa shape index (κ1) is 17.1. The molecule has 0 fully saturated rings. The number of benzene rings is 1. The average molecular weight is 335 g/mol. The Balaban J connectivity index is 2.02. The van der Waals surface area contributed by atoms with Crippen molar-refractivity contribution in [1.29, 1.82) is 0 Å². The summed E-state index contributed by atoms with van der Waals surface area (Å²) in [4.78, 5) is 24.2. The Morgan fingerprint density at radius 2 is 1.83 bits per heavy atom. The lowest BCUT2D eigenvalue weighted by atomic mass is 10.1. The van der Waals surface area contributed by atoms with Crippen LogP contribution >= 0.6 is 11.3 Å². The van der Waals surface area contributed by atoms with Crippen LogP contribution in [0.4, 0.5) is 4.39 Å². The molecule has 7 heteroatoms. The molecule has 0 bridgehead atoms. The van der Waals surface area contributed by atoms with E-state index < -0.39 is 0 Å². The van der Waals surface area contributed by atoms with Gasteiger partial charge in [0.2, 0.25) is 11.8 Å². The van der Waals surface area contributed by atoms with Crippen LogP contribution in [-0.4, -0.2) is 32.0 Å². The molecule has 0 unspecified atom stereocenters. The fraction of sp³-hybridized carbons (Fsp3) is 0.250. The van der Waals surface area contributed by atoms with E-state index in [2.05, 4.69) is 16.0 Å². The van der Waals surface area contributed by atoms with Gasteiger partial charge in [-0.25, -0.2) is 4.39 Å². The van der Waals surface area contributed by atoms with Gasteiger partial charge < -0.3 is 10.6 Å². The van der Waals surface area contributed by atoms with Gasteiger partial charge in [-0.15, -0.1) is 11.3 Å². The normalized spacial score (nSPS) is 11.7. The van der Waals surface area contributed by atoms with Crippen molar-refractivity contribution in [2.45, 2.75) is 6.04 Å². The summed E-state index contributed by atoms with van der Waals surface area (Å²) in [5.41, 5.74) is 0.800. The Kier molecular flexibility index (Phi) is 6.25. The van der Waals surface area contributed by atoms with Gasteiger partial charge in [-0.2, -0.15) is 0 Å². The quantitative estimate of drug-likeness (QED) is 0.717. The van der Waals surface area contributed by atoms with Gasteiger partial charge >= 0.3 is 0 Å². The van der Waals surface area contributed by atoms with Gasteiger partial charge in [0.15, 0.2) is 0 Å². The zero-order chi connectivity index (χ0) is 16.7. The number of thiophene rings is 1. The lowest BCUT2D eigenvalue weighted by Gasteiger charge is -2.18. The lowest BCUT2D eigenvalue weighted by Crippen LogP contribution is -2.40. The van der Waals surface area contributed by atoms with E-state index >= 15 is 0 Å². The van der Waals surface area contributed by atoms with E-state index in [-0.39, 0.29) is 36.8 Å². The second-order valence-corrected chi connectivity index (χ2v) is 5.82. The van der Waals surface area contributed by atoms with Crippen molar-refractivity contribution >= 4 is 23.2 Å². The Labute approximate surface area is 137 Å². The molecule has 0 aliphatic rings. The first-order valence-electron chi connectivity index (χ1n) is 7.09. The Hall–Kier alpha value is -2.25. The summed E-state index contributed by atoms with van der Waals surface area (Å²) < 4.78 is 13.1. The molecule has 0 aliphatic heterocycles. The molecule has 0 radical (unpaired) electrons. The van der Waals surface area contributed by atoms with E-state index in [0.29, 0.717) is 0 Å². The maximum absolute atomic E-state index is 13.1. The molecule has 1 aromatic carbocycles. The number of likely N-dealkylation sites (N-methyl/N-ethyl adjacent to an activating group) is 1. The molecule has 2 amide bonds. The highest BCUT2D eigenvalue weighted by Gasteiger charge is 2.17. The molecule has 2 rings (SSSR count). The summed E-state index contributed by atoms with van der Waals surface area (Å²) >= 11 is 1.51. The third-order valence-electron chi connectivity index (χ3n) is 3.19. The summed E-state index contributed by atoms with van der Waals surface area (Å²) in [5, 5.41) is 10.1. The number of rotatable bonds is 7. The van der Waals surface area contributed by atoms with Crippen LogP contribution in [0.5, 0.6) is 0 Å². The smallest absolute Gasteiger partial charge is 0.234 e. The Morgan fingerprint density at radius 3 is 2.43 bits per heavy atom. The van der Waals surface area contributed by atoms with Crippen LogP contribution in [0.3, 0.4) is 0 Å². The van der Waals surface area contributed by atoms with Crippen LogP contribution in [0.15, 0.2) is 41.8 Å². The molecular formula is C16H18FN3O2S. The van der Waals surface area contributed by atoms with Crippen LogP contribution in [0.2, 0.25) is 0 Å². The van der Waals surface area contributed by atoms with Gasteiger partial charge in [0.1, 0.15) is 5.82 Å². The summed E-state index contributed by atoms with van der Waals surface area (Å²) in [6, 6.07) is 9.50. The van der Waals surface area contributed by atoms with Crippen LogP contribution < -0.4 is 16.0 Å². The van der Waals surface area contributed by atoms with Crippen LogP contribution in [0, 0.1) is 5.82 Å². The molecule has 3 N–H and O–H groups in total. The molecule has 1 aromatic heterocycles. The van der Waals surface area contributed by atoms with Crippen LogP contribution in [0.25, 0.3) is 0 Å². The predicted octanol–water partition coefficient (Wildman–Crippen LogP) is 1.43. The zero-order valence-electron chi connectivity index (χ0n) is 12.6. The maximum atomic E-state index is 13.1. The van der Waals surface area contributed by atoms with Gasteiger partial charge in [-0.1, -0.05) is 18.2 Å². The summed E-state index contributed by atoms with van der Waals surface area (Å²) in [5.74, 6) is -0.750. The van der Waals surface area contributed by atoms with Crippen molar-refractivity contribution < 1.29 is 14.0 Å². The van der Waals surface area contributed by atoms with Gasteiger partial charge in [0.25, 0.3) is 0 Å². The van der Waals surface area contributed by atoms with E-state index in [1.165, 1.54) is 30.5 Å². The zero-order valence-corrected chi connectivity index (χ0v) is 13.5. The largest absolute Gasteiger partial charge is 0.358 e. The molecule has 122 valence electrons. The maximum Gasteiger partial charge on any atom is 0.234 e. The molecule has 0 saturated heterocycles. The van der Waals surface area contributed by atoms with E-state index in [4.69, 9.17) is 0 Å². The number of carbonyl (C=O) groups excluding carboxylic acids is 2. The topological polar surface area (TPSA) is 70.2 Å². The van der Waals surface area contributed by atoms with E-state index in [1.54, 1.807) is 12.1 Å². The highest BCUT2D eigenvalue weighted by atomic mass is 32.1. The number of hydrogen-bond donors (Lipinski definition) is 3. The third-order valence-corrected chi connectivity index (χ3v) is 4.12. The summed E-state index contributed by atoms with van der Waals surface area (Å²) in [7, 11) is 1.53. The highest BCUT2D eigenvalue weighted by Crippen LogP contribution is 2.26. The fourth-order valence-electron chi connectivity index (χ4n) is 2.02. The molecule has 1 atom stereocenters. The van der Waals surface area contributed by atoms with Crippen molar-refractivity contribution in [2.75, 3.05) is 20.1 Å². The highest BCUT2D eigenvalue weighted by molar-refractivity contribution is 7.10. The van der Waals surface area contributed by atoms with Crippen molar-refractivity contribution in [3.8, 4) is 0 Å². The average Bonchev–Trinajstić information content (AvgIpc) is 3.07. The minimum atomic E-state index is -0.343. The number of hydrogen-bond acceptors (Lipinski definition) is 4. The second kappa shape index (κ2) is 8.40. The van der Waals surface area contributed by atoms with Crippen molar-refractivity contribution in [3.05, 3.63) is 58.0 Å². The standard InChI is InChI=1S/C16H18FN3O2S/c1-18-14(21)9-19-10-15(22)20-16(13-3-2-8-23-13)11-4-6-12(17)7-5-11/h2-8,16,19H,9-10H2,1H3,(H,18,21)(H,20,22)/t16-/m1/s1. The summed E-state index contributed by atoms with van der Waals surface area (Å²) in [6.07, 6.45) is 0. The molecule has 2 aromatic rings. The molecular weight excluding hydrogens is 317 g/mol. The summed E-state index contributed by atoms with van der Waals surface area (Å²) in [6.45, 7) is 0.0978. The van der Waals surface area contributed by atoms with Gasteiger partial charge in [0, 0.05) is 11.9 Å². The van der Waals surface area contributed by atoms with E-state index in [1.807, 2.05) is 17.5 Å². The minimum Gasteiger partial charge on any atom is -0.358 e. The molecule has 0 saturated carbocycles. The van der Waals surface area contributed by atoms with E-state index in [9.17, 15) is 14.0 Å². The lowest BCUT2D eigenvalue weighted by molar-refractivity contribution is -0.121. The van der Waals surface area contributed by atoms with Crippen molar-refractivity contribution in [2.24, 2.45) is 0 Å². The number of nitrogens with one attached hydrogen (secondary N) is 3. The van der Waals surface area contributed by atoms with Crippen LogP contribution in [-0.2, 0) is 9.59 Å². The molecule has 23 heavy (non-hydrogen) atoms. The van der Waals surface area contributed by atoms with Crippen molar-refractivity contribution in [1.82, 2.24) is 16.0 Å². The Bertz CT molecular complexity index is 644. The molecule has 1 heterocycles. The first-order chi connectivity index (χ1) is 11.1. The number of amides is 2. The number of carbonyl (C=O) groups is 2. The second-order valence-electron chi connectivity index (χ2n) is 4.84. The van der Waals surface area contributed by atoms with Crippen molar-refractivity contribution in [3.63, 3.8) is 0 Å². The molecule has 0 aliphatic carbocycles. The van der Waals surface area contributed by atoms with Crippen LogP contribution in [0.1, 0.15) is 16.5 Å². The fourth-order valence-corrected chi connectivity index (χ4v) is 2.82. The van der Waals surface area contributed by atoms with E-state index in [0.717, 1.165) is 10.4 Å². The third kappa shape index (κ3) is 5.15. The molecule has 0 spiro atoms. The number of halogens is 1. The predicted molar refractivity (Wildman–Crippen MR) is 87.6 cm³/mol. The first-order valence-corrected chi connectivity index (χ1v) is 7.97. The van der Waals surface area contributed by atoms with Gasteiger partial charge in [0.05, 0.1) is 19.1 Å². The Morgan fingerprint density at radius 1 is 1.13 bits per heavy atom. The van der Waals surface area contributed by atoms with Gasteiger partial charge in [-0.05, 0) is 29.1 Å². The monoisotopic (exact) mass is 335 g/mol. The molecule has 5 nitrogen and oxygen atoms in total. The van der Waals surface area contributed by atoms with Gasteiger partial charge in [-0.3, -0.25) is 14.9 Å². The minimum absolute atomic E-state index is 0.0243.